The molecule has 2 rings (SSSR count). The van der Waals surface area contributed by atoms with Crippen LogP contribution in [0.5, 0.6) is 5.75 Å². The second-order valence-corrected chi connectivity index (χ2v) is 10.0. The van der Waals surface area contributed by atoms with Gasteiger partial charge in [0.2, 0.25) is 11.8 Å². The minimum absolute atomic E-state index is 0.0712. The molecule has 2 aromatic rings. The van der Waals surface area contributed by atoms with Crippen molar-refractivity contribution in [1.29, 1.82) is 0 Å². The van der Waals surface area contributed by atoms with Crippen molar-refractivity contribution < 1.29 is 18.7 Å². The zero-order valence-corrected chi connectivity index (χ0v) is 23.2. The van der Waals surface area contributed by atoms with Gasteiger partial charge in [0.25, 0.3) is 0 Å². The van der Waals surface area contributed by atoms with Crippen LogP contribution >= 0.6 is 0 Å². The molecule has 0 saturated carbocycles. The summed E-state index contributed by atoms with van der Waals surface area (Å²) in [6.45, 7) is 7.11. The predicted molar refractivity (Wildman–Crippen MR) is 151 cm³/mol. The van der Waals surface area contributed by atoms with Gasteiger partial charge in [-0.1, -0.05) is 44.5 Å². The Kier molecular flexibility index (Phi) is 15.1. The number of unbranched alkanes of at least 4 members (excludes halogenated alkanes) is 1. The number of ether oxygens (including phenoxy) is 1. The van der Waals surface area contributed by atoms with Gasteiger partial charge in [0.1, 0.15) is 11.6 Å². The van der Waals surface area contributed by atoms with E-state index in [4.69, 9.17) is 10.5 Å². The molecule has 0 heterocycles. The number of nitrogens with two attached hydrogens (primary N) is 1. The van der Waals surface area contributed by atoms with Crippen LogP contribution in [0.4, 0.5) is 4.39 Å². The van der Waals surface area contributed by atoms with Crippen molar-refractivity contribution in [2.24, 2.45) is 11.7 Å². The fraction of sp³-hybridized carbons (Fsp3) is 0.548. The molecule has 1 atom stereocenters. The minimum Gasteiger partial charge on any atom is -0.493 e. The molecular weight excluding hydrogens is 481 g/mol. The summed E-state index contributed by atoms with van der Waals surface area (Å²) in [7, 11) is 0. The Bertz CT molecular complexity index is 983. The topological polar surface area (TPSA) is 93.5 Å². The number of aryl methyl sites for hydroxylation is 2. The number of carbonyl (C=O) groups is 2. The third-order valence-corrected chi connectivity index (χ3v) is 6.61. The van der Waals surface area contributed by atoms with E-state index in [2.05, 4.69) is 48.7 Å². The summed E-state index contributed by atoms with van der Waals surface area (Å²) >= 11 is 0. The van der Waals surface area contributed by atoms with Crippen molar-refractivity contribution in [1.82, 2.24) is 10.6 Å². The van der Waals surface area contributed by atoms with Crippen molar-refractivity contribution in [3.8, 4) is 5.75 Å². The van der Waals surface area contributed by atoms with E-state index >= 15 is 0 Å². The Morgan fingerprint density at radius 3 is 2.53 bits per heavy atom. The number of halogens is 1. The van der Waals surface area contributed by atoms with Crippen molar-refractivity contribution in [3.05, 3.63) is 65.0 Å². The second-order valence-electron chi connectivity index (χ2n) is 10.0. The van der Waals surface area contributed by atoms with Crippen LogP contribution < -0.4 is 21.1 Å². The van der Waals surface area contributed by atoms with E-state index in [9.17, 15) is 14.0 Å². The number of hydrogen-bond donors (Lipinski definition) is 3. The summed E-state index contributed by atoms with van der Waals surface area (Å²) in [6.07, 6.45) is 7.60. The summed E-state index contributed by atoms with van der Waals surface area (Å²) in [5.41, 5.74) is 8.72. The van der Waals surface area contributed by atoms with Crippen molar-refractivity contribution >= 4 is 11.8 Å². The second kappa shape index (κ2) is 18.3. The zero-order chi connectivity index (χ0) is 27.6. The van der Waals surface area contributed by atoms with E-state index in [-0.39, 0.29) is 30.0 Å². The van der Waals surface area contributed by atoms with Gasteiger partial charge in [-0.25, -0.2) is 4.39 Å². The molecule has 38 heavy (non-hydrogen) atoms. The summed E-state index contributed by atoms with van der Waals surface area (Å²) in [5, 5.41) is 6.40. The van der Waals surface area contributed by atoms with Crippen LogP contribution in [0.2, 0.25) is 0 Å². The van der Waals surface area contributed by atoms with Crippen LogP contribution in [0.1, 0.15) is 81.9 Å². The SMILES string of the molecule is CCCC(CCNC(=O)CCCC(N)=O)COc1cc(F)cc(CCCCNCc2cccc(CC)c2)c1. The van der Waals surface area contributed by atoms with Crippen molar-refractivity contribution in [3.63, 3.8) is 0 Å². The fourth-order valence-electron chi connectivity index (χ4n) is 4.48. The summed E-state index contributed by atoms with van der Waals surface area (Å²) in [6, 6.07) is 13.6. The molecule has 0 saturated heterocycles. The first-order chi connectivity index (χ1) is 18.4. The smallest absolute Gasteiger partial charge is 0.220 e. The molecular formula is C31H46FN3O3. The average molecular weight is 528 g/mol. The maximum atomic E-state index is 14.3. The number of benzene rings is 2. The highest BCUT2D eigenvalue weighted by molar-refractivity contribution is 5.77. The Hall–Kier alpha value is -2.93. The lowest BCUT2D eigenvalue weighted by Crippen LogP contribution is -2.27. The Balaban J connectivity index is 1.70. The van der Waals surface area contributed by atoms with Gasteiger partial charge in [-0.05, 0) is 86.2 Å². The fourth-order valence-corrected chi connectivity index (χ4v) is 4.48. The standard InChI is InChI=1S/C31H46FN3O3/c1-3-9-25(15-17-35-31(37)14-8-13-30(33)36)23-38-29-20-26(19-28(32)21-29)10-5-6-16-34-22-27-12-7-11-24(4-2)18-27/h7,11-12,18-21,25,34H,3-6,8-10,13-17,22-23H2,1-2H3,(H2,33,36)(H,35,37). The first-order valence-corrected chi connectivity index (χ1v) is 14.1. The maximum Gasteiger partial charge on any atom is 0.220 e. The van der Waals surface area contributed by atoms with Gasteiger partial charge >= 0.3 is 0 Å². The lowest BCUT2D eigenvalue weighted by Gasteiger charge is -2.18. The van der Waals surface area contributed by atoms with Crippen molar-refractivity contribution in [2.75, 3.05) is 19.7 Å². The van der Waals surface area contributed by atoms with Crippen LogP contribution in [-0.4, -0.2) is 31.5 Å². The molecule has 4 N–H and O–H groups in total. The first-order valence-electron chi connectivity index (χ1n) is 14.1. The molecule has 0 radical (unpaired) electrons. The molecule has 0 fully saturated rings. The molecule has 6 nitrogen and oxygen atoms in total. The Labute approximate surface area is 227 Å². The van der Waals surface area contributed by atoms with Gasteiger partial charge < -0.3 is 21.1 Å². The first kappa shape index (κ1) is 31.3. The predicted octanol–water partition coefficient (Wildman–Crippen LogP) is 5.46. The third kappa shape index (κ3) is 13.6. The maximum absolute atomic E-state index is 14.3. The van der Waals surface area contributed by atoms with E-state index in [0.717, 1.165) is 63.6 Å². The summed E-state index contributed by atoms with van der Waals surface area (Å²) in [5.74, 6) is 0.0896. The Morgan fingerprint density at radius 2 is 1.76 bits per heavy atom. The average Bonchev–Trinajstić information content (AvgIpc) is 2.89. The minimum atomic E-state index is -0.389. The van der Waals surface area contributed by atoms with Gasteiger partial charge in [0.05, 0.1) is 6.61 Å². The van der Waals surface area contributed by atoms with Gasteiger partial charge in [-0.15, -0.1) is 0 Å². The molecule has 7 heteroatoms. The van der Waals surface area contributed by atoms with E-state index in [1.165, 1.54) is 17.2 Å². The number of rotatable bonds is 20. The highest BCUT2D eigenvalue weighted by Crippen LogP contribution is 2.20. The van der Waals surface area contributed by atoms with Crippen LogP contribution in [0.15, 0.2) is 42.5 Å². The van der Waals surface area contributed by atoms with Crippen LogP contribution in [-0.2, 0) is 29.0 Å². The van der Waals surface area contributed by atoms with Crippen molar-refractivity contribution in [2.45, 2.75) is 84.6 Å². The quantitative estimate of drug-likeness (QED) is 0.199. The number of nitrogens with one attached hydrogen (secondary N) is 2. The molecule has 0 aliphatic carbocycles. The van der Waals surface area contributed by atoms with Crippen LogP contribution in [0.25, 0.3) is 0 Å². The molecule has 0 spiro atoms. The zero-order valence-electron chi connectivity index (χ0n) is 23.2. The number of hydrogen-bond acceptors (Lipinski definition) is 4. The molecule has 2 amide bonds. The highest BCUT2D eigenvalue weighted by atomic mass is 19.1. The van der Waals surface area contributed by atoms with E-state index in [0.29, 0.717) is 31.7 Å². The largest absolute Gasteiger partial charge is 0.493 e. The third-order valence-electron chi connectivity index (χ3n) is 6.61. The molecule has 0 aliphatic heterocycles. The van der Waals surface area contributed by atoms with Gasteiger partial charge in [0.15, 0.2) is 0 Å². The number of amides is 2. The monoisotopic (exact) mass is 527 g/mol. The normalized spacial score (nSPS) is 11.8. The summed E-state index contributed by atoms with van der Waals surface area (Å²) < 4.78 is 20.2. The van der Waals surface area contributed by atoms with Crippen LogP contribution in [0, 0.1) is 11.7 Å². The van der Waals surface area contributed by atoms with E-state index in [1.807, 2.05) is 6.07 Å². The number of carbonyl (C=O) groups excluding carboxylic acids is 2. The molecule has 2 aromatic carbocycles. The lowest BCUT2D eigenvalue weighted by atomic mass is 10.0. The summed E-state index contributed by atoms with van der Waals surface area (Å²) in [4.78, 5) is 22.7. The van der Waals surface area contributed by atoms with E-state index in [1.54, 1.807) is 6.07 Å². The van der Waals surface area contributed by atoms with Gasteiger partial charge in [0, 0.05) is 32.0 Å². The van der Waals surface area contributed by atoms with Crippen LogP contribution in [0.3, 0.4) is 0 Å². The highest BCUT2D eigenvalue weighted by Gasteiger charge is 2.11. The molecule has 0 aromatic heterocycles. The van der Waals surface area contributed by atoms with Gasteiger partial charge in [-0.3, -0.25) is 9.59 Å². The molecule has 210 valence electrons. The van der Waals surface area contributed by atoms with E-state index < -0.39 is 0 Å². The molecule has 1 unspecified atom stereocenters. The lowest BCUT2D eigenvalue weighted by molar-refractivity contribution is -0.121. The van der Waals surface area contributed by atoms with Gasteiger partial charge in [-0.2, -0.15) is 0 Å². The Morgan fingerprint density at radius 1 is 0.947 bits per heavy atom. The number of primary amides is 1. The molecule has 0 bridgehead atoms. The molecule has 0 aliphatic rings.